The third-order valence-corrected chi connectivity index (χ3v) is 20.2. The highest BCUT2D eigenvalue weighted by molar-refractivity contribution is 5.74. The smallest absolute Gasteiger partial charge is 0.217 e. The number of hydrogen-bond donors (Lipinski definition) is 27. The van der Waals surface area contributed by atoms with Crippen molar-refractivity contribution in [3.63, 3.8) is 0 Å². The standard InChI is InChI=1S/C62H104N4O44/c1-15-32(77)42(87)46(91)58(97-15)95-14-28-51(33(78)20(12-94-28)63-16(2)73)105-56-30(65-18(4)75)40(85)50(26(11-72)102-56)107-60-48(93)52(38(83)27(104-60)13-96-61-53(44(89)36(81)23(8-69)100-61)109-55-29(64-17(3)74)39(84)34(79)21(6-67)98-55)108-62-54(45(90)37(82)24(9-70)101-62)110-57-31(66-19(5)76)41(86)49(25(10-71)103-57)106-59-47(92)43(88)35(80)22(7-68)99-59/h15,20-62,67-72,77-93H,6-14H2,1-5H3,(H,63,73)(H,64,74)(H,65,75)(H,66,76)/t15-,20-,21+,22+,23+,24+,25+,26+,27+,28+,29+,30+,31+,32+,33+,34+,35-,36+,37+,38+,39+,40+,41+,42+,43-,44-,45-,46-,47+,48-,49+,50+,51+,52-,53-,54-,55-,56-,57-,58+,59-,60-,61-,62+/m0/s1. The molecule has 48 heteroatoms. The number of aliphatic hydroxyl groups excluding tert-OH is 23. The molecule has 9 aliphatic heterocycles. The zero-order valence-corrected chi connectivity index (χ0v) is 59.6. The monoisotopic (exact) mass is 1610 g/mol. The van der Waals surface area contributed by atoms with Crippen LogP contribution in [-0.4, -0.2) is 470 Å². The van der Waals surface area contributed by atoms with Crippen molar-refractivity contribution in [2.75, 3.05) is 59.5 Å². The molecule has 0 aromatic rings. The number of nitrogens with one attached hydrogen (secondary N) is 4. The van der Waals surface area contributed by atoms with Gasteiger partial charge in [0.1, 0.15) is 207 Å². The molecule has 0 saturated carbocycles. The van der Waals surface area contributed by atoms with Crippen molar-refractivity contribution in [3.05, 3.63) is 0 Å². The van der Waals surface area contributed by atoms with Gasteiger partial charge in [0.2, 0.25) is 23.6 Å². The quantitative estimate of drug-likeness (QED) is 0.0346. The lowest BCUT2D eigenvalue weighted by atomic mass is 9.94. The van der Waals surface area contributed by atoms with Crippen LogP contribution in [0.2, 0.25) is 0 Å². The summed E-state index contributed by atoms with van der Waals surface area (Å²) in [5.41, 5.74) is 0. The summed E-state index contributed by atoms with van der Waals surface area (Å²) in [5.74, 6) is -3.37. The molecule has 48 nitrogen and oxygen atoms in total. The first-order chi connectivity index (χ1) is 52.0. The Balaban J connectivity index is 1.05. The Labute approximate surface area is 624 Å². The van der Waals surface area contributed by atoms with E-state index in [1.54, 1.807) is 0 Å². The van der Waals surface area contributed by atoms with Gasteiger partial charge in [0.25, 0.3) is 0 Å². The molecular weight excluding hydrogens is 1500 g/mol. The molecule has 0 aliphatic carbocycles. The Hall–Kier alpha value is -3.72. The Morgan fingerprint density at radius 1 is 0.282 bits per heavy atom. The summed E-state index contributed by atoms with van der Waals surface area (Å²) in [6.07, 6.45) is -79.7. The lowest BCUT2D eigenvalue weighted by Crippen LogP contribution is -2.70. The molecule has 9 fully saturated rings. The van der Waals surface area contributed by atoms with Gasteiger partial charge in [-0.3, -0.25) is 19.2 Å². The number of rotatable bonds is 28. The number of aliphatic hydroxyl groups is 23. The van der Waals surface area contributed by atoms with Crippen LogP contribution < -0.4 is 21.3 Å². The normalized spacial score (nSPS) is 48.9. The maximum atomic E-state index is 13.2. The van der Waals surface area contributed by atoms with E-state index in [0.717, 1.165) is 27.7 Å². The molecule has 0 radical (unpaired) electrons. The first-order valence-electron chi connectivity index (χ1n) is 35.3. The zero-order chi connectivity index (χ0) is 80.9. The van der Waals surface area contributed by atoms with Crippen LogP contribution >= 0.6 is 0 Å². The zero-order valence-electron chi connectivity index (χ0n) is 59.6. The van der Waals surface area contributed by atoms with Crippen molar-refractivity contribution in [2.45, 2.75) is 304 Å². The molecule has 0 bridgehead atoms. The number of carbonyl (C=O) groups excluding carboxylic acids is 4. The largest absolute Gasteiger partial charge is 0.394 e. The lowest BCUT2D eigenvalue weighted by molar-refractivity contribution is -0.398. The second-order valence-corrected chi connectivity index (χ2v) is 28.1. The highest BCUT2D eigenvalue weighted by Crippen LogP contribution is 2.39. The predicted octanol–water partition coefficient (Wildman–Crippen LogP) is -18.3. The van der Waals surface area contributed by atoms with Crippen molar-refractivity contribution in [1.82, 2.24) is 21.3 Å². The van der Waals surface area contributed by atoms with Crippen LogP contribution in [0.5, 0.6) is 0 Å². The van der Waals surface area contributed by atoms with Crippen LogP contribution in [-0.2, 0) is 99.7 Å². The van der Waals surface area contributed by atoms with Crippen molar-refractivity contribution in [3.8, 4) is 0 Å². The second-order valence-electron chi connectivity index (χ2n) is 28.1. The van der Waals surface area contributed by atoms with E-state index in [0.29, 0.717) is 0 Å². The third-order valence-electron chi connectivity index (χ3n) is 20.2. The van der Waals surface area contributed by atoms with Gasteiger partial charge in [0.15, 0.2) is 50.3 Å². The molecule has 9 heterocycles. The SMILES string of the molecule is CC(=O)N[C@H]1[C@H](O[C@H]2[C@H](O)[C@@H](NC(C)=O)CO[C@@H]2CO[C@@H]2O[C@@H](C)[C@@H](O)[C@@H](O)[C@@H]2O)O[C@H](CO)[C@@H](O[C@@H]2O[C@H](CO[C@H]3O[C@H](CO)[C@@H](O)[C@H](O)[C@@H]3O[C@@H]3O[C@H](CO)[C@@H](O)[C@H](O)[C@H]3NC(C)=O)[C@@H](O)[C@H](O[C@H]3O[C@H](CO)[C@@H](O)[C@H](O)[C@@H]3O[C@@H]3O[C@H](CO)[C@@H](O[C@@H]4O[C@H](CO)[C@H](O)[C@H](O)[C@H]4O)[C@H](O)[C@H]3NC(C)=O)[C@@H]2O)[C@@H]1O. The highest BCUT2D eigenvalue weighted by Gasteiger charge is 2.60. The Bertz CT molecular complexity index is 2920. The van der Waals surface area contributed by atoms with Crippen LogP contribution in [0.25, 0.3) is 0 Å². The first-order valence-corrected chi connectivity index (χ1v) is 35.3. The average molecular weight is 1610 g/mol. The number of ether oxygens (including phenoxy) is 17. The molecule has 9 rings (SSSR count). The summed E-state index contributed by atoms with van der Waals surface area (Å²) >= 11 is 0. The minimum Gasteiger partial charge on any atom is -0.394 e. The molecule has 4 amide bonds. The van der Waals surface area contributed by atoms with E-state index < -0.39 is 353 Å². The molecule has 27 N–H and O–H groups in total. The lowest BCUT2D eigenvalue weighted by Gasteiger charge is -2.51. The Morgan fingerprint density at radius 2 is 0.609 bits per heavy atom. The topological polar surface area (TPSA) is 739 Å². The maximum absolute atomic E-state index is 13.2. The van der Waals surface area contributed by atoms with E-state index in [2.05, 4.69) is 21.3 Å². The number of hydrogen-bond acceptors (Lipinski definition) is 44. The fourth-order valence-corrected chi connectivity index (χ4v) is 14.2. The van der Waals surface area contributed by atoms with Gasteiger partial charge < -0.3 is 219 Å². The van der Waals surface area contributed by atoms with Crippen molar-refractivity contribution in [1.29, 1.82) is 0 Å². The number of carbonyl (C=O) groups is 4. The second kappa shape index (κ2) is 39.5. The van der Waals surface area contributed by atoms with Gasteiger partial charge in [-0.15, -0.1) is 0 Å². The molecule has 44 atom stereocenters. The first kappa shape index (κ1) is 90.2. The van der Waals surface area contributed by atoms with Crippen LogP contribution in [0.1, 0.15) is 34.6 Å². The Kier molecular flexibility index (Phi) is 32.4. The van der Waals surface area contributed by atoms with Gasteiger partial charge >= 0.3 is 0 Å². The summed E-state index contributed by atoms with van der Waals surface area (Å²) in [5, 5.41) is 265. The van der Waals surface area contributed by atoms with Crippen molar-refractivity contribution < 1.29 is 217 Å². The van der Waals surface area contributed by atoms with Crippen LogP contribution in [0.4, 0.5) is 0 Å². The van der Waals surface area contributed by atoms with Crippen molar-refractivity contribution >= 4 is 23.6 Å². The fraction of sp³-hybridized carbons (Fsp3) is 0.935. The summed E-state index contributed by atoms with van der Waals surface area (Å²) in [7, 11) is 0. The third kappa shape index (κ3) is 20.1. The minimum absolute atomic E-state index is 0.424. The van der Waals surface area contributed by atoms with Gasteiger partial charge in [-0.25, -0.2) is 0 Å². The van der Waals surface area contributed by atoms with Gasteiger partial charge in [0, 0.05) is 27.7 Å². The molecule has 0 unspecified atom stereocenters. The average Bonchev–Trinajstić information content (AvgIpc) is 0.763. The molecule has 0 aromatic carbocycles. The number of amides is 4. The van der Waals surface area contributed by atoms with Gasteiger partial charge in [-0.2, -0.15) is 0 Å². The molecule has 9 saturated heterocycles. The van der Waals surface area contributed by atoms with Gasteiger partial charge in [0.05, 0.1) is 71.6 Å². The van der Waals surface area contributed by atoms with E-state index in [-0.39, 0.29) is 0 Å². The summed E-state index contributed by atoms with van der Waals surface area (Å²) in [6, 6.07) is -6.83. The Morgan fingerprint density at radius 3 is 1.08 bits per heavy atom. The molecular formula is C62H104N4O44. The van der Waals surface area contributed by atoms with E-state index in [9.17, 15) is 137 Å². The summed E-state index contributed by atoms with van der Waals surface area (Å²) < 4.78 is 101. The van der Waals surface area contributed by atoms with E-state index in [4.69, 9.17) is 80.5 Å². The van der Waals surface area contributed by atoms with Crippen LogP contribution in [0.3, 0.4) is 0 Å². The van der Waals surface area contributed by atoms with E-state index in [1.807, 2.05) is 0 Å². The molecule has 110 heavy (non-hydrogen) atoms. The molecule has 0 spiro atoms. The highest BCUT2D eigenvalue weighted by atomic mass is 16.8. The van der Waals surface area contributed by atoms with Crippen molar-refractivity contribution in [2.24, 2.45) is 0 Å². The molecule has 9 aliphatic rings. The van der Waals surface area contributed by atoms with Crippen LogP contribution in [0, 0.1) is 0 Å². The molecule has 636 valence electrons. The summed E-state index contributed by atoms with van der Waals surface area (Å²) in [4.78, 5) is 50.9. The van der Waals surface area contributed by atoms with Gasteiger partial charge in [-0.1, -0.05) is 0 Å². The predicted molar refractivity (Wildman–Crippen MR) is 341 cm³/mol. The van der Waals surface area contributed by atoms with Crippen LogP contribution in [0.15, 0.2) is 0 Å². The fourth-order valence-electron chi connectivity index (χ4n) is 14.2. The van der Waals surface area contributed by atoms with Gasteiger partial charge in [-0.05, 0) is 6.92 Å². The molecule has 0 aromatic heterocycles. The maximum Gasteiger partial charge on any atom is 0.217 e. The van der Waals surface area contributed by atoms with E-state index >= 15 is 0 Å². The minimum atomic E-state index is -2.55. The van der Waals surface area contributed by atoms with E-state index in [1.165, 1.54) is 6.92 Å². The summed E-state index contributed by atoms with van der Waals surface area (Å²) in [6.45, 7) is -3.32.